The number of rotatable bonds is 1. The summed E-state index contributed by atoms with van der Waals surface area (Å²) in [5, 5.41) is 6.84. The topological polar surface area (TPSA) is 12.5 Å². The Hall–Kier alpha value is -1.36. The number of hydrogen-bond acceptors (Lipinski definition) is 3. The zero-order chi connectivity index (χ0) is 14.7. The summed E-state index contributed by atoms with van der Waals surface area (Å²) in [4.78, 5) is 7.62. The Balaban J connectivity index is 1.76. The summed E-state index contributed by atoms with van der Waals surface area (Å²) < 4.78 is 1.18. The van der Waals surface area contributed by atoms with Gasteiger partial charge < -0.3 is 0 Å². The first-order valence-corrected chi connectivity index (χ1v) is 9.18. The SMILES string of the molecule is Brc1cc2c(c3ccccc13)N1O[C@@H](C2)C[C@H]1c1cccs1. The fourth-order valence-corrected chi connectivity index (χ4v) is 5.14. The first-order chi connectivity index (χ1) is 10.8. The van der Waals surface area contributed by atoms with Gasteiger partial charge >= 0.3 is 0 Å². The number of nitrogens with zero attached hydrogens (tertiary/aromatic N) is 1. The highest BCUT2D eigenvalue weighted by atomic mass is 79.9. The molecule has 0 N–H and O–H groups in total. The zero-order valence-corrected chi connectivity index (χ0v) is 14.2. The molecule has 0 spiro atoms. The minimum absolute atomic E-state index is 0.299. The molecule has 1 aromatic heterocycles. The lowest BCUT2D eigenvalue weighted by molar-refractivity contribution is 0.0742. The zero-order valence-electron chi connectivity index (χ0n) is 11.8. The Kier molecular flexibility index (Phi) is 2.87. The third-order valence-corrected chi connectivity index (χ3v) is 6.25. The molecule has 0 aliphatic carbocycles. The van der Waals surface area contributed by atoms with Crippen LogP contribution in [0.1, 0.15) is 22.9 Å². The average Bonchev–Trinajstić information content (AvgIpc) is 3.16. The number of anilines is 1. The second-order valence-electron chi connectivity index (χ2n) is 5.94. The number of fused-ring (bicyclic) bond motifs is 6. The van der Waals surface area contributed by atoms with E-state index in [1.54, 1.807) is 0 Å². The molecular formula is C18H14BrNOS. The van der Waals surface area contributed by atoms with Crippen LogP contribution in [0.2, 0.25) is 0 Å². The molecule has 110 valence electrons. The van der Waals surface area contributed by atoms with E-state index in [9.17, 15) is 0 Å². The van der Waals surface area contributed by atoms with Gasteiger partial charge in [-0.3, -0.25) is 4.84 Å². The molecule has 2 nitrogen and oxygen atoms in total. The molecule has 3 heterocycles. The van der Waals surface area contributed by atoms with Crippen molar-refractivity contribution in [2.45, 2.75) is 25.0 Å². The van der Waals surface area contributed by atoms with E-state index >= 15 is 0 Å². The molecule has 0 radical (unpaired) electrons. The minimum Gasteiger partial charge on any atom is -0.269 e. The number of halogens is 1. The van der Waals surface area contributed by atoms with Gasteiger partial charge in [0, 0.05) is 27.6 Å². The maximum atomic E-state index is 6.23. The number of thiophene rings is 1. The average molecular weight is 372 g/mol. The van der Waals surface area contributed by atoms with E-state index in [4.69, 9.17) is 4.84 Å². The van der Waals surface area contributed by atoms with E-state index < -0.39 is 0 Å². The third kappa shape index (κ3) is 1.81. The van der Waals surface area contributed by atoms with Gasteiger partial charge in [0.1, 0.15) is 0 Å². The molecule has 0 unspecified atom stereocenters. The van der Waals surface area contributed by atoms with Crippen LogP contribution in [0.3, 0.4) is 0 Å². The lowest BCUT2D eigenvalue weighted by atomic mass is 9.99. The lowest BCUT2D eigenvalue weighted by Crippen LogP contribution is -2.27. The summed E-state index contributed by atoms with van der Waals surface area (Å²) in [6.45, 7) is 0. The summed E-state index contributed by atoms with van der Waals surface area (Å²) in [7, 11) is 0. The summed E-state index contributed by atoms with van der Waals surface area (Å²) in [6, 6.07) is 15.5. The Morgan fingerprint density at radius 3 is 2.82 bits per heavy atom. The molecule has 2 aliphatic rings. The second kappa shape index (κ2) is 4.82. The van der Waals surface area contributed by atoms with Gasteiger partial charge in [-0.2, -0.15) is 0 Å². The summed E-state index contributed by atoms with van der Waals surface area (Å²) in [5.74, 6) is 0. The first-order valence-electron chi connectivity index (χ1n) is 7.51. The maximum Gasteiger partial charge on any atom is 0.0933 e. The van der Waals surface area contributed by atoms with Crippen molar-refractivity contribution in [3.63, 3.8) is 0 Å². The van der Waals surface area contributed by atoms with E-state index in [1.165, 1.54) is 31.4 Å². The molecule has 22 heavy (non-hydrogen) atoms. The van der Waals surface area contributed by atoms with E-state index in [-0.39, 0.29) is 0 Å². The largest absolute Gasteiger partial charge is 0.269 e. The molecule has 2 atom stereocenters. The fraction of sp³-hybridized carbons (Fsp3) is 0.222. The number of benzene rings is 2. The van der Waals surface area contributed by atoms with Crippen molar-refractivity contribution in [2.75, 3.05) is 5.06 Å². The predicted octanol–water partition coefficient (Wildman–Crippen LogP) is 5.47. The third-order valence-electron chi connectivity index (χ3n) is 4.62. The Labute approximate surface area is 141 Å². The van der Waals surface area contributed by atoms with Crippen molar-refractivity contribution >= 4 is 43.7 Å². The van der Waals surface area contributed by atoms with Gasteiger partial charge in [-0.25, -0.2) is 5.06 Å². The van der Waals surface area contributed by atoms with Crippen molar-refractivity contribution in [3.05, 3.63) is 62.8 Å². The van der Waals surface area contributed by atoms with Crippen LogP contribution in [0.25, 0.3) is 10.8 Å². The number of hydroxylamine groups is 1. The predicted molar refractivity (Wildman–Crippen MR) is 94.4 cm³/mol. The Morgan fingerprint density at radius 1 is 1.14 bits per heavy atom. The standard InChI is InChI=1S/C18H14BrNOS/c19-15-9-11-8-12-10-16(17-6-3-7-22-17)20(21-12)18(11)14-5-2-1-4-13(14)15/h1-7,9,12,16H,8,10H2/t12-,16-/m0/s1. The Bertz CT molecular complexity index is 861. The fourth-order valence-electron chi connectivity index (χ4n) is 3.69. The number of hydrogen-bond donors (Lipinski definition) is 0. The minimum atomic E-state index is 0.299. The smallest absolute Gasteiger partial charge is 0.0933 e. The second-order valence-corrected chi connectivity index (χ2v) is 7.77. The van der Waals surface area contributed by atoms with E-state index in [1.807, 2.05) is 11.3 Å². The van der Waals surface area contributed by atoms with E-state index in [2.05, 4.69) is 68.8 Å². The van der Waals surface area contributed by atoms with Crippen molar-refractivity contribution in [1.29, 1.82) is 0 Å². The van der Waals surface area contributed by atoms with Crippen LogP contribution in [-0.2, 0) is 11.3 Å². The van der Waals surface area contributed by atoms with Gasteiger partial charge in [-0.1, -0.05) is 46.3 Å². The first kappa shape index (κ1) is 13.1. The van der Waals surface area contributed by atoms with E-state index in [0.29, 0.717) is 12.1 Å². The van der Waals surface area contributed by atoms with Gasteiger partial charge in [-0.05, 0) is 28.5 Å². The molecule has 1 fully saturated rings. The molecule has 4 heteroatoms. The molecule has 0 saturated carbocycles. The summed E-state index contributed by atoms with van der Waals surface area (Å²) in [5.41, 5.74) is 2.65. The van der Waals surface area contributed by atoms with Gasteiger partial charge in [0.05, 0.1) is 17.8 Å². The van der Waals surface area contributed by atoms with Crippen LogP contribution in [0.15, 0.2) is 52.3 Å². The van der Waals surface area contributed by atoms with Crippen molar-refractivity contribution in [1.82, 2.24) is 0 Å². The quantitative estimate of drug-likeness (QED) is 0.562. The van der Waals surface area contributed by atoms with E-state index in [0.717, 1.165) is 12.8 Å². The summed E-state index contributed by atoms with van der Waals surface area (Å²) >= 11 is 5.55. The van der Waals surface area contributed by atoms with Crippen LogP contribution in [0.4, 0.5) is 5.69 Å². The van der Waals surface area contributed by atoms with Gasteiger partial charge in [0.2, 0.25) is 0 Å². The summed E-state index contributed by atoms with van der Waals surface area (Å²) in [6.07, 6.45) is 2.37. The van der Waals surface area contributed by atoms with Crippen molar-refractivity contribution in [3.8, 4) is 0 Å². The molecular weight excluding hydrogens is 358 g/mol. The maximum absolute atomic E-state index is 6.23. The highest BCUT2D eigenvalue weighted by Gasteiger charge is 2.41. The van der Waals surface area contributed by atoms with Gasteiger partial charge in [-0.15, -0.1) is 11.3 Å². The molecule has 0 amide bonds. The lowest BCUT2D eigenvalue weighted by Gasteiger charge is -2.31. The highest BCUT2D eigenvalue weighted by Crippen LogP contribution is 2.49. The molecule has 5 rings (SSSR count). The van der Waals surface area contributed by atoms with Gasteiger partial charge in [0.15, 0.2) is 0 Å². The van der Waals surface area contributed by atoms with Crippen LogP contribution in [-0.4, -0.2) is 6.10 Å². The molecule has 2 aliphatic heterocycles. The Morgan fingerprint density at radius 2 is 2.00 bits per heavy atom. The van der Waals surface area contributed by atoms with Crippen LogP contribution >= 0.6 is 27.3 Å². The van der Waals surface area contributed by atoms with Crippen LogP contribution in [0.5, 0.6) is 0 Å². The molecule has 2 bridgehead atoms. The van der Waals surface area contributed by atoms with Gasteiger partial charge in [0.25, 0.3) is 0 Å². The van der Waals surface area contributed by atoms with Crippen LogP contribution < -0.4 is 5.06 Å². The molecule has 2 aromatic carbocycles. The van der Waals surface area contributed by atoms with Crippen molar-refractivity contribution < 1.29 is 4.84 Å². The highest BCUT2D eigenvalue weighted by molar-refractivity contribution is 9.10. The molecule has 1 saturated heterocycles. The normalized spacial score (nSPS) is 23.0. The monoisotopic (exact) mass is 371 g/mol. The van der Waals surface area contributed by atoms with Crippen LogP contribution in [0, 0.1) is 0 Å². The molecule has 3 aromatic rings. The van der Waals surface area contributed by atoms with Crippen molar-refractivity contribution in [2.24, 2.45) is 0 Å².